The van der Waals surface area contributed by atoms with Crippen molar-refractivity contribution in [3.63, 3.8) is 0 Å². The fourth-order valence-corrected chi connectivity index (χ4v) is 2.95. The molecule has 1 fully saturated rings. The van der Waals surface area contributed by atoms with Crippen LogP contribution in [0.15, 0.2) is 0 Å². The zero-order valence-electron chi connectivity index (χ0n) is 10.8. The summed E-state index contributed by atoms with van der Waals surface area (Å²) in [4.78, 5) is 2.64. The van der Waals surface area contributed by atoms with Crippen molar-refractivity contribution in [2.45, 2.75) is 52.0 Å². The SMILES string of the molecule is CCN(CC)C1CCC(CCCNC)C1. The number of nitrogens with one attached hydrogen (secondary N) is 1. The first-order chi connectivity index (χ1) is 7.31. The number of nitrogens with zero attached hydrogens (tertiary/aromatic N) is 1. The first-order valence-electron chi connectivity index (χ1n) is 6.70. The van der Waals surface area contributed by atoms with Crippen LogP contribution in [-0.2, 0) is 0 Å². The van der Waals surface area contributed by atoms with Gasteiger partial charge in [0.05, 0.1) is 0 Å². The maximum atomic E-state index is 3.24. The number of hydrogen-bond acceptors (Lipinski definition) is 2. The first kappa shape index (κ1) is 13.0. The van der Waals surface area contributed by atoms with E-state index >= 15 is 0 Å². The summed E-state index contributed by atoms with van der Waals surface area (Å²) in [6.45, 7) is 8.22. The molecule has 0 spiro atoms. The van der Waals surface area contributed by atoms with Crippen LogP contribution in [0.3, 0.4) is 0 Å². The highest BCUT2D eigenvalue weighted by Crippen LogP contribution is 2.32. The van der Waals surface area contributed by atoms with Crippen LogP contribution in [-0.4, -0.2) is 37.6 Å². The molecule has 0 aromatic carbocycles. The van der Waals surface area contributed by atoms with E-state index in [9.17, 15) is 0 Å². The van der Waals surface area contributed by atoms with Gasteiger partial charge < -0.3 is 10.2 Å². The molecule has 1 saturated carbocycles. The van der Waals surface area contributed by atoms with Gasteiger partial charge in [0.25, 0.3) is 0 Å². The van der Waals surface area contributed by atoms with E-state index in [4.69, 9.17) is 0 Å². The molecule has 0 heterocycles. The third kappa shape index (κ3) is 4.12. The normalized spacial score (nSPS) is 26.4. The lowest BCUT2D eigenvalue weighted by Crippen LogP contribution is -2.33. The summed E-state index contributed by atoms with van der Waals surface area (Å²) in [6.07, 6.45) is 7.13. The third-order valence-electron chi connectivity index (χ3n) is 3.88. The Balaban J connectivity index is 2.19. The summed E-state index contributed by atoms with van der Waals surface area (Å²) in [7, 11) is 2.05. The summed E-state index contributed by atoms with van der Waals surface area (Å²) in [5, 5.41) is 3.24. The quantitative estimate of drug-likeness (QED) is 0.652. The molecule has 0 saturated heterocycles. The lowest BCUT2D eigenvalue weighted by molar-refractivity contribution is 0.214. The summed E-state index contributed by atoms with van der Waals surface area (Å²) < 4.78 is 0. The van der Waals surface area contributed by atoms with E-state index < -0.39 is 0 Å². The minimum atomic E-state index is 0.889. The highest BCUT2D eigenvalue weighted by molar-refractivity contribution is 4.82. The van der Waals surface area contributed by atoms with Crippen LogP contribution in [0.4, 0.5) is 0 Å². The molecule has 0 amide bonds. The summed E-state index contributed by atoms with van der Waals surface area (Å²) >= 11 is 0. The van der Waals surface area contributed by atoms with Crippen LogP contribution in [0.2, 0.25) is 0 Å². The first-order valence-corrected chi connectivity index (χ1v) is 6.70. The maximum absolute atomic E-state index is 3.24. The van der Waals surface area contributed by atoms with Gasteiger partial charge in [0.1, 0.15) is 0 Å². The van der Waals surface area contributed by atoms with Crippen molar-refractivity contribution in [1.29, 1.82) is 0 Å². The molecule has 1 rings (SSSR count). The minimum Gasteiger partial charge on any atom is -0.320 e. The molecule has 0 aliphatic heterocycles. The number of hydrogen-bond donors (Lipinski definition) is 1. The molecule has 2 nitrogen and oxygen atoms in total. The van der Waals surface area contributed by atoms with Gasteiger partial charge in [-0.05, 0) is 64.7 Å². The molecule has 0 radical (unpaired) electrons. The van der Waals surface area contributed by atoms with Crippen molar-refractivity contribution in [1.82, 2.24) is 10.2 Å². The molecule has 15 heavy (non-hydrogen) atoms. The minimum absolute atomic E-state index is 0.889. The second-order valence-electron chi connectivity index (χ2n) is 4.80. The Morgan fingerprint density at radius 3 is 2.53 bits per heavy atom. The van der Waals surface area contributed by atoms with Crippen LogP contribution in [0.1, 0.15) is 46.0 Å². The van der Waals surface area contributed by atoms with Crippen molar-refractivity contribution >= 4 is 0 Å². The Bertz CT molecular complexity index is 155. The molecule has 2 heteroatoms. The summed E-state index contributed by atoms with van der Waals surface area (Å²) in [5.74, 6) is 1.00. The Labute approximate surface area is 95.4 Å². The average Bonchev–Trinajstić information content (AvgIpc) is 2.69. The molecule has 1 aliphatic carbocycles. The Morgan fingerprint density at radius 1 is 1.20 bits per heavy atom. The smallest absolute Gasteiger partial charge is 0.00977 e. The molecule has 0 aromatic heterocycles. The average molecular weight is 212 g/mol. The van der Waals surface area contributed by atoms with Crippen LogP contribution in [0.5, 0.6) is 0 Å². The molecule has 90 valence electrons. The molecule has 1 N–H and O–H groups in total. The van der Waals surface area contributed by atoms with Gasteiger partial charge in [-0.2, -0.15) is 0 Å². The standard InChI is InChI=1S/C13H28N2/c1-4-15(5-2)13-9-8-12(11-13)7-6-10-14-3/h12-14H,4-11H2,1-3H3. The Morgan fingerprint density at radius 2 is 1.93 bits per heavy atom. The van der Waals surface area contributed by atoms with E-state index in [1.807, 2.05) is 7.05 Å². The molecular weight excluding hydrogens is 184 g/mol. The lowest BCUT2D eigenvalue weighted by Gasteiger charge is -2.26. The molecule has 1 aliphatic rings. The molecule has 0 aromatic rings. The summed E-state index contributed by atoms with van der Waals surface area (Å²) in [6, 6.07) is 0.889. The van der Waals surface area contributed by atoms with E-state index in [1.54, 1.807) is 0 Å². The predicted octanol–water partition coefficient (Wildman–Crippen LogP) is 2.50. The zero-order valence-corrected chi connectivity index (χ0v) is 10.8. The van der Waals surface area contributed by atoms with Crippen molar-refractivity contribution in [2.75, 3.05) is 26.7 Å². The van der Waals surface area contributed by atoms with Gasteiger partial charge in [-0.1, -0.05) is 13.8 Å². The molecular formula is C13H28N2. The largest absolute Gasteiger partial charge is 0.320 e. The highest BCUT2D eigenvalue weighted by atomic mass is 15.1. The van der Waals surface area contributed by atoms with Crippen molar-refractivity contribution in [3.05, 3.63) is 0 Å². The summed E-state index contributed by atoms with van der Waals surface area (Å²) in [5.41, 5.74) is 0. The van der Waals surface area contributed by atoms with Crippen LogP contribution < -0.4 is 5.32 Å². The molecule has 0 bridgehead atoms. The fourth-order valence-electron chi connectivity index (χ4n) is 2.95. The van der Waals surface area contributed by atoms with Gasteiger partial charge >= 0.3 is 0 Å². The second kappa shape index (κ2) is 7.24. The number of rotatable bonds is 7. The van der Waals surface area contributed by atoms with Crippen molar-refractivity contribution < 1.29 is 0 Å². The Kier molecular flexibility index (Phi) is 6.26. The predicted molar refractivity (Wildman–Crippen MR) is 67.2 cm³/mol. The molecule has 2 unspecified atom stereocenters. The van der Waals surface area contributed by atoms with Crippen molar-refractivity contribution in [3.8, 4) is 0 Å². The van der Waals surface area contributed by atoms with E-state index in [0.29, 0.717) is 0 Å². The lowest BCUT2D eigenvalue weighted by atomic mass is 10.0. The monoisotopic (exact) mass is 212 g/mol. The van der Waals surface area contributed by atoms with E-state index in [-0.39, 0.29) is 0 Å². The van der Waals surface area contributed by atoms with E-state index in [0.717, 1.165) is 12.0 Å². The fraction of sp³-hybridized carbons (Fsp3) is 1.00. The highest BCUT2D eigenvalue weighted by Gasteiger charge is 2.27. The van der Waals surface area contributed by atoms with E-state index in [2.05, 4.69) is 24.1 Å². The van der Waals surface area contributed by atoms with Gasteiger partial charge in [-0.3, -0.25) is 0 Å². The van der Waals surface area contributed by atoms with E-state index in [1.165, 1.54) is 51.7 Å². The van der Waals surface area contributed by atoms with Gasteiger partial charge in [0, 0.05) is 6.04 Å². The Hall–Kier alpha value is -0.0800. The van der Waals surface area contributed by atoms with Crippen molar-refractivity contribution in [2.24, 2.45) is 5.92 Å². The van der Waals surface area contributed by atoms with Gasteiger partial charge in [-0.25, -0.2) is 0 Å². The van der Waals surface area contributed by atoms with Crippen LogP contribution in [0.25, 0.3) is 0 Å². The van der Waals surface area contributed by atoms with Crippen LogP contribution in [0, 0.1) is 5.92 Å². The maximum Gasteiger partial charge on any atom is 0.00977 e. The van der Waals surface area contributed by atoms with Gasteiger partial charge in [0.15, 0.2) is 0 Å². The molecule has 2 atom stereocenters. The topological polar surface area (TPSA) is 15.3 Å². The van der Waals surface area contributed by atoms with Crippen LogP contribution >= 0.6 is 0 Å². The zero-order chi connectivity index (χ0) is 11.1. The second-order valence-corrected chi connectivity index (χ2v) is 4.80. The van der Waals surface area contributed by atoms with Gasteiger partial charge in [0.2, 0.25) is 0 Å². The third-order valence-corrected chi connectivity index (χ3v) is 3.88. The van der Waals surface area contributed by atoms with Gasteiger partial charge in [-0.15, -0.1) is 0 Å².